The van der Waals surface area contributed by atoms with Crippen molar-refractivity contribution in [3.8, 4) is 11.8 Å². The molecule has 2 aromatic rings. The lowest BCUT2D eigenvalue weighted by atomic mass is 10.2. The number of aryl methyl sites for hydroxylation is 2. The zero-order valence-electron chi connectivity index (χ0n) is 13.3. The van der Waals surface area contributed by atoms with Crippen molar-refractivity contribution in [3.05, 3.63) is 40.2 Å². The van der Waals surface area contributed by atoms with E-state index in [1.165, 1.54) is 6.07 Å². The monoisotopic (exact) mass is 332 g/mol. The highest BCUT2D eigenvalue weighted by Gasteiger charge is 2.19. The van der Waals surface area contributed by atoms with Crippen LogP contribution in [0, 0.1) is 25.2 Å². The van der Waals surface area contributed by atoms with Gasteiger partial charge in [-0.3, -0.25) is 9.48 Å². The molecule has 1 aromatic heterocycles. The summed E-state index contributed by atoms with van der Waals surface area (Å²) in [6, 6.07) is 6.65. The Labute approximate surface area is 139 Å². The summed E-state index contributed by atoms with van der Waals surface area (Å²) >= 11 is 6.05. The molecule has 7 heteroatoms. The van der Waals surface area contributed by atoms with Crippen LogP contribution in [0.1, 0.15) is 23.9 Å². The number of anilines is 1. The fourth-order valence-corrected chi connectivity index (χ4v) is 2.31. The summed E-state index contributed by atoms with van der Waals surface area (Å²) < 4.78 is 7.29. The smallest absolute Gasteiger partial charge is 0.265 e. The molecule has 1 atom stereocenters. The van der Waals surface area contributed by atoms with E-state index in [0.29, 0.717) is 17.0 Å². The van der Waals surface area contributed by atoms with Crippen molar-refractivity contribution in [1.82, 2.24) is 9.78 Å². The molecule has 0 spiro atoms. The van der Waals surface area contributed by atoms with Crippen LogP contribution in [0.3, 0.4) is 0 Å². The molecule has 23 heavy (non-hydrogen) atoms. The molecule has 0 fully saturated rings. The van der Waals surface area contributed by atoms with Gasteiger partial charge in [-0.05, 0) is 39.0 Å². The Morgan fingerprint density at radius 3 is 2.70 bits per heavy atom. The molecule has 0 aliphatic carbocycles. The zero-order valence-corrected chi connectivity index (χ0v) is 14.1. The predicted octanol–water partition coefficient (Wildman–Crippen LogP) is 2.97. The topological polar surface area (TPSA) is 79.9 Å². The maximum absolute atomic E-state index is 12.3. The number of hydrogen-bond donors (Lipinski definition) is 1. The summed E-state index contributed by atoms with van der Waals surface area (Å²) in [5.41, 5.74) is 2.71. The van der Waals surface area contributed by atoms with Crippen molar-refractivity contribution in [2.75, 3.05) is 5.32 Å². The number of halogens is 1. The van der Waals surface area contributed by atoms with E-state index in [1.54, 1.807) is 23.7 Å². The lowest BCUT2D eigenvalue weighted by Crippen LogP contribution is -2.30. The maximum Gasteiger partial charge on any atom is 0.265 e. The second-order valence-electron chi connectivity index (χ2n) is 5.18. The molecule has 0 aliphatic rings. The van der Waals surface area contributed by atoms with Crippen LogP contribution >= 0.6 is 11.6 Å². The van der Waals surface area contributed by atoms with E-state index >= 15 is 0 Å². The first-order valence-corrected chi connectivity index (χ1v) is 7.38. The number of benzene rings is 1. The summed E-state index contributed by atoms with van der Waals surface area (Å²) in [7, 11) is 1.81. The molecule has 0 unspecified atom stereocenters. The van der Waals surface area contributed by atoms with Crippen molar-refractivity contribution < 1.29 is 9.53 Å². The van der Waals surface area contributed by atoms with Gasteiger partial charge in [-0.2, -0.15) is 10.4 Å². The Morgan fingerprint density at radius 1 is 1.48 bits per heavy atom. The molecule has 2 rings (SSSR count). The van der Waals surface area contributed by atoms with Crippen LogP contribution in [-0.4, -0.2) is 21.8 Å². The van der Waals surface area contributed by atoms with Gasteiger partial charge in [0.2, 0.25) is 0 Å². The number of carbonyl (C=O) groups excluding carboxylic acids is 1. The van der Waals surface area contributed by atoms with Crippen LogP contribution in [0.4, 0.5) is 5.69 Å². The zero-order chi connectivity index (χ0) is 17.1. The van der Waals surface area contributed by atoms with E-state index in [1.807, 2.05) is 27.0 Å². The second-order valence-corrected chi connectivity index (χ2v) is 5.58. The number of nitriles is 1. The molecule has 1 heterocycles. The molecule has 0 aliphatic heterocycles. The van der Waals surface area contributed by atoms with Crippen LogP contribution in [0.25, 0.3) is 0 Å². The summed E-state index contributed by atoms with van der Waals surface area (Å²) in [4.78, 5) is 12.3. The summed E-state index contributed by atoms with van der Waals surface area (Å²) in [6.07, 6.45) is -0.751. The molecule has 1 amide bonds. The minimum absolute atomic E-state index is 0.289. The van der Waals surface area contributed by atoms with Gasteiger partial charge in [0.05, 0.1) is 33.7 Å². The highest BCUT2D eigenvalue weighted by molar-refractivity contribution is 6.32. The van der Waals surface area contributed by atoms with E-state index in [9.17, 15) is 4.79 Å². The van der Waals surface area contributed by atoms with Crippen molar-refractivity contribution in [2.45, 2.75) is 26.9 Å². The second kappa shape index (κ2) is 6.71. The first-order valence-electron chi connectivity index (χ1n) is 7.01. The molecule has 1 aromatic carbocycles. The van der Waals surface area contributed by atoms with Gasteiger partial charge >= 0.3 is 0 Å². The summed E-state index contributed by atoms with van der Waals surface area (Å²) in [5.74, 6) is 0.0533. The molecule has 1 N–H and O–H groups in total. The van der Waals surface area contributed by atoms with Crippen molar-refractivity contribution in [1.29, 1.82) is 5.26 Å². The number of amides is 1. The highest BCUT2D eigenvalue weighted by Crippen LogP contribution is 2.26. The quantitative estimate of drug-likeness (QED) is 0.933. The van der Waals surface area contributed by atoms with Gasteiger partial charge in [0.15, 0.2) is 6.10 Å². The molecular formula is C16H17ClN4O2. The van der Waals surface area contributed by atoms with Gasteiger partial charge in [-0.1, -0.05) is 11.6 Å². The minimum Gasteiger partial charge on any atom is -0.479 e. The standard InChI is InChI=1S/C16H17ClN4O2/c1-9-15(10(2)21(4)20-9)19-16(22)11(3)23-14-6-5-12(8-18)7-13(14)17/h5-7,11H,1-4H3,(H,19,22)/t11-/m1/s1. The van der Waals surface area contributed by atoms with Crippen LogP contribution in [0.5, 0.6) is 5.75 Å². The van der Waals surface area contributed by atoms with E-state index < -0.39 is 6.10 Å². The van der Waals surface area contributed by atoms with Crippen LogP contribution in [0.2, 0.25) is 5.02 Å². The third-order valence-corrected chi connectivity index (χ3v) is 3.79. The van der Waals surface area contributed by atoms with Crippen molar-refractivity contribution >= 4 is 23.2 Å². The normalized spacial score (nSPS) is 11.7. The van der Waals surface area contributed by atoms with Gasteiger partial charge in [-0.15, -0.1) is 0 Å². The summed E-state index contributed by atoms with van der Waals surface area (Å²) in [6.45, 7) is 5.33. The van der Waals surface area contributed by atoms with Gasteiger partial charge in [0, 0.05) is 7.05 Å². The Morgan fingerprint density at radius 2 is 2.17 bits per heavy atom. The molecule has 6 nitrogen and oxygen atoms in total. The molecule has 0 radical (unpaired) electrons. The number of carbonyl (C=O) groups is 1. The molecule has 120 valence electrons. The molecular weight excluding hydrogens is 316 g/mol. The van der Waals surface area contributed by atoms with Gasteiger partial charge in [-0.25, -0.2) is 0 Å². The lowest BCUT2D eigenvalue weighted by molar-refractivity contribution is -0.122. The van der Waals surface area contributed by atoms with Gasteiger partial charge < -0.3 is 10.1 Å². The fourth-order valence-electron chi connectivity index (χ4n) is 2.09. The Balaban J connectivity index is 2.10. The minimum atomic E-state index is -0.751. The first-order chi connectivity index (χ1) is 10.8. The van der Waals surface area contributed by atoms with Crippen LogP contribution in [0.15, 0.2) is 18.2 Å². The van der Waals surface area contributed by atoms with Crippen LogP contribution < -0.4 is 10.1 Å². The average molecular weight is 333 g/mol. The maximum atomic E-state index is 12.3. The van der Waals surface area contributed by atoms with Crippen LogP contribution in [-0.2, 0) is 11.8 Å². The Hall–Kier alpha value is -2.52. The predicted molar refractivity (Wildman–Crippen MR) is 87.6 cm³/mol. The highest BCUT2D eigenvalue weighted by atomic mass is 35.5. The lowest BCUT2D eigenvalue weighted by Gasteiger charge is -2.16. The fraction of sp³-hybridized carbons (Fsp3) is 0.312. The van der Waals surface area contributed by atoms with Crippen molar-refractivity contribution in [3.63, 3.8) is 0 Å². The van der Waals surface area contributed by atoms with Gasteiger partial charge in [0.25, 0.3) is 5.91 Å². The van der Waals surface area contributed by atoms with E-state index in [-0.39, 0.29) is 10.9 Å². The van der Waals surface area contributed by atoms with E-state index in [2.05, 4.69) is 10.4 Å². The number of rotatable bonds is 4. The number of aromatic nitrogens is 2. The SMILES string of the molecule is Cc1nn(C)c(C)c1NC(=O)[C@@H](C)Oc1ccc(C#N)cc1Cl. The van der Waals surface area contributed by atoms with E-state index in [4.69, 9.17) is 21.6 Å². The number of ether oxygens (including phenoxy) is 1. The van der Waals surface area contributed by atoms with Crippen molar-refractivity contribution in [2.24, 2.45) is 7.05 Å². The molecule has 0 bridgehead atoms. The Bertz CT molecular complexity index is 792. The van der Waals surface area contributed by atoms with Gasteiger partial charge in [0.1, 0.15) is 5.75 Å². The Kier molecular flexibility index (Phi) is 4.92. The number of hydrogen-bond acceptors (Lipinski definition) is 4. The number of nitrogens with one attached hydrogen (secondary N) is 1. The third kappa shape index (κ3) is 3.63. The van der Waals surface area contributed by atoms with E-state index in [0.717, 1.165) is 11.4 Å². The molecule has 0 saturated carbocycles. The largest absolute Gasteiger partial charge is 0.479 e. The average Bonchev–Trinajstić information content (AvgIpc) is 2.75. The molecule has 0 saturated heterocycles. The first kappa shape index (κ1) is 16.8. The number of nitrogens with zero attached hydrogens (tertiary/aromatic N) is 3. The summed E-state index contributed by atoms with van der Waals surface area (Å²) in [5, 5.41) is 16.2. The third-order valence-electron chi connectivity index (χ3n) is 3.49.